The van der Waals surface area contributed by atoms with Crippen LogP contribution in [0.2, 0.25) is 0 Å². The Morgan fingerprint density at radius 3 is 2.93 bits per heavy atom. The Hall–Kier alpha value is -3.45. The predicted octanol–water partition coefficient (Wildman–Crippen LogP) is 4.41. The summed E-state index contributed by atoms with van der Waals surface area (Å²) in [4.78, 5) is 19.5. The molecule has 0 saturated carbocycles. The predicted molar refractivity (Wildman–Crippen MR) is 122 cm³/mol. The number of carbonyl (C=O) groups excluding carboxylic acids is 1. The zero-order valence-electron chi connectivity index (χ0n) is 16.8. The summed E-state index contributed by atoms with van der Waals surface area (Å²) in [5, 5.41) is 11.4. The molecule has 1 N–H and O–H groups in total. The average Bonchev–Trinajstić information content (AvgIpc) is 3.48. The summed E-state index contributed by atoms with van der Waals surface area (Å²) < 4.78 is 1.87. The smallest absolute Gasteiger partial charge is 0.256 e. The van der Waals surface area contributed by atoms with E-state index in [-0.39, 0.29) is 5.91 Å². The Bertz CT molecular complexity index is 1290. The van der Waals surface area contributed by atoms with E-state index in [1.807, 2.05) is 41.3 Å². The van der Waals surface area contributed by atoms with Crippen LogP contribution in [0.15, 0.2) is 54.7 Å². The van der Waals surface area contributed by atoms with Crippen molar-refractivity contribution in [3.63, 3.8) is 0 Å². The number of benzene rings is 2. The molecule has 3 heterocycles. The first kappa shape index (κ1) is 18.6. The highest BCUT2D eigenvalue weighted by atomic mass is 32.1. The largest absolute Gasteiger partial charge is 0.387 e. The molecule has 0 atom stereocenters. The summed E-state index contributed by atoms with van der Waals surface area (Å²) in [5.74, 6) is 0.0236. The Balaban J connectivity index is 1.56. The van der Waals surface area contributed by atoms with Crippen molar-refractivity contribution in [2.45, 2.75) is 6.54 Å². The second kappa shape index (κ2) is 7.11. The molecule has 0 unspecified atom stereocenters. The van der Waals surface area contributed by atoms with Crippen LogP contribution in [0.1, 0.15) is 20.9 Å². The van der Waals surface area contributed by atoms with Crippen molar-refractivity contribution in [3.8, 4) is 11.1 Å². The number of thiazole rings is 1. The molecule has 0 aliphatic carbocycles. The molecular weight excluding hydrogens is 394 g/mol. The van der Waals surface area contributed by atoms with Gasteiger partial charge in [0.2, 0.25) is 0 Å². The number of anilines is 1. The van der Waals surface area contributed by atoms with Crippen LogP contribution in [0.4, 0.5) is 5.69 Å². The Kier molecular flexibility index (Phi) is 4.40. The molecule has 0 saturated heterocycles. The Morgan fingerprint density at radius 1 is 1.30 bits per heavy atom. The van der Waals surface area contributed by atoms with Crippen molar-refractivity contribution < 1.29 is 4.79 Å². The van der Waals surface area contributed by atoms with Gasteiger partial charge in [-0.1, -0.05) is 24.8 Å². The summed E-state index contributed by atoms with van der Waals surface area (Å²) in [6.07, 6.45) is 3.63. The number of amides is 1. The first-order chi connectivity index (χ1) is 14.6. The lowest BCUT2D eigenvalue weighted by molar-refractivity contribution is 0.0800. The fourth-order valence-corrected chi connectivity index (χ4v) is 4.69. The van der Waals surface area contributed by atoms with E-state index >= 15 is 0 Å². The van der Waals surface area contributed by atoms with Gasteiger partial charge in [0.1, 0.15) is 5.01 Å². The summed E-state index contributed by atoms with van der Waals surface area (Å²) >= 11 is 1.54. The summed E-state index contributed by atoms with van der Waals surface area (Å²) in [5.41, 5.74) is 6.71. The summed E-state index contributed by atoms with van der Waals surface area (Å²) in [7, 11) is 3.79. The lowest BCUT2D eigenvalue weighted by atomic mass is 9.95. The monoisotopic (exact) mass is 415 g/mol. The van der Waals surface area contributed by atoms with Gasteiger partial charge in [-0.25, -0.2) is 4.98 Å². The standard InChI is InChI=1S/C23H21N5OS/c1-14(22-25-8-9-30-22)12-28-13-18-17(6-7-19(24-2)21(18)23(28)29)15-4-5-16-11-26-27(3)20(16)10-15/h4-11,24H,1,12-13H2,2-3H3. The van der Waals surface area contributed by atoms with Gasteiger partial charge in [0.15, 0.2) is 0 Å². The third-order valence-corrected chi connectivity index (χ3v) is 6.48. The highest BCUT2D eigenvalue weighted by molar-refractivity contribution is 7.10. The van der Waals surface area contributed by atoms with Crippen molar-refractivity contribution in [2.75, 3.05) is 18.9 Å². The van der Waals surface area contributed by atoms with Crippen molar-refractivity contribution in [1.29, 1.82) is 0 Å². The van der Waals surface area contributed by atoms with E-state index < -0.39 is 0 Å². The Labute approximate surface area is 178 Å². The first-order valence-electron chi connectivity index (χ1n) is 9.69. The quantitative estimate of drug-likeness (QED) is 0.525. The van der Waals surface area contributed by atoms with Crippen molar-refractivity contribution >= 4 is 39.4 Å². The fraction of sp³-hybridized carbons (Fsp3) is 0.174. The van der Waals surface area contributed by atoms with Gasteiger partial charge in [0.05, 0.1) is 17.3 Å². The molecule has 1 aliphatic rings. The minimum absolute atomic E-state index is 0.0236. The molecule has 5 rings (SSSR count). The third kappa shape index (κ3) is 2.90. The number of rotatable bonds is 5. The van der Waals surface area contributed by atoms with Crippen molar-refractivity contribution in [1.82, 2.24) is 19.7 Å². The molecule has 30 heavy (non-hydrogen) atoms. The minimum Gasteiger partial charge on any atom is -0.387 e. The van der Waals surface area contributed by atoms with Crippen molar-refractivity contribution in [2.24, 2.45) is 7.05 Å². The van der Waals surface area contributed by atoms with Gasteiger partial charge in [-0.05, 0) is 28.8 Å². The van der Waals surface area contributed by atoms with E-state index in [1.165, 1.54) is 0 Å². The number of nitrogens with zero attached hydrogens (tertiary/aromatic N) is 4. The first-order valence-corrected chi connectivity index (χ1v) is 10.6. The molecule has 4 aromatic rings. The van der Waals surface area contributed by atoms with Crippen LogP contribution in [0, 0.1) is 0 Å². The second-order valence-corrected chi connectivity index (χ2v) is 8.30. The number of fused-ring (bicyclic) bond motifs is 2. The topological polar surface area (TPSA) is 63.1 Å². The van der Waals surface area contributed by atoms with Gasteiger partial charge < -0.3 is 10.2 Å². The third-order valence-electron chi connectivity index (χ3n) is 5.61. The van der Waals surface area contributed by atoms with E-state index in [9.17, 15) is 4.79 Å². The maximum Gasteiger partial charge on any atom is 0.256 e. The number of nitrogens with one attached hydrogen (secondary N) is 1. The SMILES string of the molecule is C=C(CN1Cc2c(-c3ccc4cnn(C)c4c3)ccc(NC)c2C1=O)c1nccs1. The fourth-order valence-electron chi connectivity index (χ4n) is 4.09. The zero-order valence-corrected chi connectivity index (χ0v) is 17.7. The van der Waals surface area contributed by atoms with E-state index in [0.29, 0.717) is 13.1 Å². The number of carbonyl (C=O) groups is 1. The van der Waals surface area contributed by atoms with Gasteiger partial charge in [-0.3, -0.25) is 9.48 Å². The lowest BCUT2D eigenvalue weighted by Gasteiger charge is -2.16. The van der Waals surface area contributed by atoms with Gasteiger partial charge in [-0.2, -0.15) is 5.10 Å². The molecule has 0 fully saturated rings. The summed E-state index contributed by atoms with van der Waals surface area (Å²) in [6, 6.07) is 10.4. The van der Waals surface area contributed by atoms with E-state index in [0.717, 1.165) is 49.4 Å². The molecule has 0 spiro atoms. The van der Waals surface area contributed by atoms with Gasteiger partial charge in [0.25, 0.3) is 5.91 Å². The minimum atomic E-state index is 0.0236. The van der Waals surface area contributed by atoms with E-state index in [1.54, 1.807) is 17.5 Å². The van der Waals surface area contributed by atoms with Gasteiger partial charge >= 0.3 is 0 Å². The van der Waals surface area contributed by atoms with E-state index in [2.05, 4.69) is 46.2 Å². The van der Waals surface area contributed by atoms with Gasteiger partial charge in [0, 0.05) is 55.4 Å². The molecule has 150 valence electrons. The highest BCUT2D eigenvalue weighted by Crippen LogP contribution is 2.38. The average molecular weight is 416 g/mol. The number of hydrogen-bond donors (Lipinski definition) is 1. The van der Waals surface area contributed by atoms with Crippen molar-refractivity contribution in [3.05, 3.63) is 70.8 Å². The van der Waals surface area contributed by atoms with Crippen LogP contribution in [-0.2, 0) is 13.6 Å². The highest BCUT2D eigenvalue weighted by Gasteiger charge is 2.32. The molecule has 0 radical (unpaired) electrons. The number of hydrogen-bond acceptors (Lipinski definition) is 5. The normalized spacial score (nSPS) is 13.1. The van der Waals surface area contributed by atoms with Crippen LogP contribution in [0.25, 0.3) is 27.6 Å². The second-order valence-electron chi connectivity index (χ2n) is 7.41. The summed E-state index contributed by atoms with van der Waals surface area (Å²) in [6.45, 7) is 5.16. The van der Waals surface area contributed by atoms with Crippen LogP contribution in [0.3, 0.4) is 0 Å². The van der Waals surface area contributed by atoms with Crippen LogP contribution < -0.4 is 5.32 Å². The van der Waals surface area contributed by atoms with E-state index in [4.69, 9.17) is 0 Å². The molecule has 7 heteroatoms. The van der Waals surface area contributed by atoms with Gasteiger partial charge in [-0.15, -0.1) is 11.3 Å². The molecule has 6 nitrogen and oxygen atoms in total. The number of aryl methyl sites for hydroxylation is 1. The Morgan fingerprint density at radius 2 is 2.17 bits per heavy atom. The number of aromatic nitrogens is 3. The van der Waals surface area contributed by atoms with Crippen LogP contribution >= 0.6 is 11.3 Å². The molecular formula is C23H21N5OS. The zero-order chi connectivity index (χ0) is 20.8. The molecule has 2 aromatic carbocycles. The van der Waals surface area contributed by atoms with Crippen LogP contribution in [0.5, 0.6) is 0 Å². The molecule has 1 amide bonds. The van der Waals surface area contributed by atoms with Crippen LogP contribution in [-0.4, -0.2) is 39.2 Å². The maximum absolute atomic E-state index is 13.3. The molecule has 0 bridgehead atoms. The molecule has 2 aromatic heterocycles. The lowest BCUT2D eigenvalue weighted by Crippen LogP contribution is -2.25. The maximum atomic E-state index is 13.3. The molecule has 1 aliphatic heterocycles.